The molecule has 3 N–H and O–H groups in total. The predicted molar refractivity (Wildman–Crippen MR) is 418 cm³/mol. The summed E-state index contributed by atoms with van der Waals surface area (Å²) in [6, 6.07) is 0. The number of carbonyl (C=O) groups excluding carboxylic acids is 4. The second-order valence-electron chi connectivity index (χ2n) is 28.4. The normalized spacial score (nSPS) is 14.1. The lowest BCUT2D eigenvalue weighted by Crippen LogP contribution is -2.30. The quantitative estimate of drug-likeness (QED) is 0.0169. The van der Waals surface area contributed by atoms with Crippen molar-refractivity contribution >= 4 is 39.5 Å². The zero-order chi connectivity index (χ0) is 74.6. The molecule has 0 aromatic carbocycles. The molecule has 19 heteroatoms. The summed E-state index contributed by atoms with van der Waals surface area (Å²) in [5, 5.41) is 10.6. The van der Waals surface area contributed by atoms with E-state index in [1.807, 2.05) is 12.2 Å². The van der Waals surface area contributed by atoms with E-state index in [4.69, 9.17) is 37.0 Å². The number of carbonyl (C=O) groups is 4. The van der Waals surface area contributed by atoms with Crippen LogP contribution in [-0.4, -0.2) is 96.7 Å². The third kappa shape index (κ3) is 75.3. The van der Waals surface area contributed by atoms with Crippen LogP contribution in [0.2, 0.25) is 0 Å². The molecule has 0 aliphatic carbocycles. The predicted octanol–water partition coefficient (Wildman–Crippen LogP) is 24.5. The fraction of sp³-hybridized carbons (Fsp3) is 0.855. The van der Waals surface area contributed by atoms with Gasteiger partial charge in [0.15, 0.2) is 12.2 Å². The van der Waals surface area contributed by atoms with Gasteiger partial charge in [-0.25, -0.2) is 9.13 Å². The van der Waals surface area contributed by atoms with Crippen molar-refractivity contribution in [2.45, 2.75) is 418 Å². The molecule has 0 rings (SSSR count). The molecule has 0 radical (unpaired) electrons. The number of allylic oxidation sites excluding steroid dienone is 8. The van der Waals surface area contributed by atoms with Crippen molar-refractivity contribution in [2.24, 2.45) is 0 Å². The molecule has 598 valence electrons. The third-order valence-electron chi connectivity index (χ3n) is 18.3. The number of phosphoric ester groups is 2. The summed E-state index contributed by atoms with van der Waals surface area (Å²) >= 11 is 0. The van der Waals surface area contributed by atoms with Gasteiger partial charge in [0.2, 0.25) is 0 Å². The van der Waals surface area contributed by atoms with Crippen molar-refractivity contribution < 1.29 is 80.2 Å². The molecule has 0 saturated heterocycles. The Morgan fingerprint density at radius 2 is 0.490 bits per heavy atom. The first kappa shape index (κ1) is 99.0. The van der Waals surface area contributed by atoms with E-state index in [0.717, 1.165) is 96.3 Å². The smallest absolute Gasteiger partial charge is 0.462 e. The summed E-state index contributed by atoms with van der Waals surface area (Å²) in [5.74, 6) is -2.19. The summed E-state index contributed by atoms with van der Waals surface area (Å²) < 4.78 is 68.7. The van der Waals surface area contributed by atoms with Crippen molar-refractivity contribution in [3.05, 3.63) is 48.6 Å². The maximum absolute atomic E-state index is 13.1. The molecule has 5 atom stereocenters. The van der Waals surface area contributed by atoms with E-state index in [2.05, 4.69) is 64.2 Å². The second-order valence-corrected chi connectivity index (χ2v) is 31.4. The largest absolute Gasteiger partial charge is 0.472 e. The molecule has 17 nitrogen and oxygen atoms in total. The molecule has 0 aromatic heterocycles. The van der Waals surface area contributed by atoms with Crippen LogP contribution in [0.3, 0.4) is 0 Å². The van der Waals surface area contributed by atoms with Gasteiger partial charge in [-0.3, -0.25) is 37.3 Å². The molecule has 0 fully saturated rings. The van der Waals surface area contributed by atoms with E-state index in [0.29, 0.717) is 32.1 Å². The first-order valence-corrected chi connectivity index (χ1v) is 44.9. The Labute approximate surface area is 623 Å². The van der Waals surface area contributed by atoms with Gasteiger partial charge in [0.25, 0.3) is 0 Å². The highest BCUT2D eigenvalue weighted by Crippen LogP contribution is 2.45. The molecular formula is C83H154O17P2. The number of aliphatic hydroxyl groups excluding tert-OH is 1. The lowest BCUT2D eigenvalue weighted by Gasteiger charge is -2.21. The minimum Gasteiger partial charge on any atom is -0.462 e. The summed E-state index contributed by atoms with van der Waals surface area (Å²) in [7, 11) is -9.95. The monoisotopic (exact) mass is 1490 g/mol. The van der Waals surface area contributed by atoms with E-state index < -0.39 is 97.5 Å². The van der Waals surface area contributed by atoms with Gasteiger partial charge in [-0.15, -0.1) is 0 Å². The minimum absolute atomic E-state index is 0.0914. The molecule has 0 saturated carbocycles. The summed E-state index contributed by atoms with van der Waals surface area (Å²) in [5.41, 5.74) is 0. The lowest BCUT2D eigenvalue weighted by molar-refractivity contribution is -0.161. The van der Waals surface area contributed by atoms with Gasteiger partial charge < -0.3 is 33.8 Å². The van der Waals surface area contributed by atoms with Crippen LogP contribution in [0.25, 0.3) is 0 Å². The van der Waals surface area contributed by atoms with Crippen LogP contribution in [-0.2, 0) is 65.4 Å². The van der Waals surface area contributed by atoms with Gasteiger partial charge in [0, 0.05) is 25.7 Å². The number of aliphatic hydroxyl groups is 1. The Morgan fingerprint density at radius 3 is 0.775 bits per heavy atom. The fourth-order valence-corrected chi connectivity index (χ4v) is 13.5. The van der Waals surface area contributed by atoms with Crippen molar-refractivity contribution in [2.75, 3.05) is 39.6 Å². The summed E-state index contributed by atoms with van der Waals surface area (Å²) in [4.78, 5) is 73.1. The highest BCUT2D eigenvalue weighted by molar-refractivity contribution is 7.47. The van der Waals surface area contributed by atoms with Crippen LogP contribution in [0.15, 0.2) is 48.6 Å². The maximum Gasteiger partial charge on any atom is 0.472 e. The minimum atomic E-state index is -4.98. The zero-order valence-electron chi connectivity index (χ0n) is 65.6. The molecule has 0 aromatic rings. The Kier molecular flexibility index (Phi) is 74.0. The molecule has 0 aliphatic heterocycles. The van der Waals surface area contributed by atoms with E-state index in [-0.39, 0.29) is 25.7 Å². The molecule has 0 aliphatic rings. The van der Waals surface area contributed by atoms with Crippen LogP contribution in [0.1, 0.15) is 400 Å². The third-order valence-corrected chi connectivity index (χ3v) is 20.2. The van der Waals surface area contributed by atoms with Gasteiger partial charge in [-0.1, -0.05) is 359 Å². The number of phosphoric acid groups is 2. The number of rotatable bonds is 80. The zero-order valence-corrected chi connectivity index (χ0v) is 67.3. The van der Waals surface area contributed by atoms with Crippen LogP contribution in [0.4, 0.5) is 0 Å². The standard InChI is InChI=1S/C83H154O17P2/c1-5-9-13-17-21-25-29-33-36-38-41-44-48-52-56-60-64-68-81(86)94-74-79(99-82(87)69-65-61-57-53-49-45-40-35-31-27-23-19-15-11-7-3)76-98-102(91,92)96-72-77(84)71-95-101(89,90)97-75-78(73-93-80(85)67-63-59-55-51-47-43-32-28-24-20-16-12-8-4)100-83(88)70-66-62-58-54-50-46-42-39-37-34-30-26-22-18-14-10-6-2/h21,25,33,36,41,44,52,56,77-79,84H,5-20,22-24,26-32,34-35,37-40,42-43,45-51,53-55,57-76H2,1-4H3,(H,89,90)(H,91,92)/b25-21-,36-33-,44-41-,56-52-/t77-,78+,79+/m0/s1. The number of esters is 4. The van der Waals surface area contributed by atoms with E-state index >= 15 is 0 Å². The first-order chi connectivity index (χ1) is 49.7. The van der Waals surface area contributed by atoms with Crippen molar-refractivity contribution in [3.8, 4) is 0 Å². The van der Waals surface area contributed by atoms with Gasteiger partial charge in [0.05, 0.1) is 26.4 Å². The summed E-state index contributed by atoms with van der Waals surface area (Å²) in [6.45, 7) is 4.90. The number of unbranched alkanes of at least 4 members (excludes halogenated alkanes) is 46. The molecule has 2 unspecified atom stereocenters. The molecule has 102 heavy (non-hydrogen) atoms. The Bertz CT molecular complexity index is 2120. The number of hydrogen-bond acceptors (Lipinski definition) is 15. The van der Waals surface area contributed by atoms with Crippen molar-refractivity contribution in [3.63, 3.8) is 0 Å². The van der Waals surface area contributed by atoms with E-state index in [1.165, 1.54) is 218 Å². The van der Waals surface area contributed by atoms with Gasteiger partial charge >= 0.3 is 39.5 Å². The van der Waals surface area contributed by atoms with Crippen LogP contribution in [0, 0.1) is 0 Å². The Balaban J connectivity index is 5.34. The number of hydrogen-bond donors (Lipinski definition) is 3. The second kappa shape index (κ2) is 76.2. The average Bonchev–Trinajstić information content (AvgIpc) is 0.951. The first-order valence-electron chi connectivity index (χ1n) is 41.9. The molecule has 0 amide bonds. The maximum atomic E-state index is 13.1. The van der Waals surface area contributed by atoms with E-state index in [1.54, 1.807) is 0 Å². The van der Waals surface area contributed by atoms with Crippen molar-refractivity contribution in [1.29, 1.82) is 0 Å². The molecule has 0 bridgehead atoms. The number of ether oxygens (including phenoxy) is 4. The molecule has 0 heterocycles. The van der Waals surface area contributed by atoms with E-state index in [9.17, 15) is 43.2 Å². The van der Waals surface area contributed by atoms with Crippen LogP contribution < -0.4 is 0 Å². The summed E-state index contributed by atoms with van der Waals surface area (Å²) in [6.07, 6.45) is 75.1. The fourth-order valence-electron chi connectivity index (χ4n) is 11.9. The average molecular weight is 1490 g/mol. The highest BCUT2D eigenvalue weighted by atomic mass is 31.2. The van der Waals surface area contributed by atoms with Gasteiger partial charge in [-0.05, 0) is 64.2 Å². The molecular weight excluding hydrogens is 1330 g/mol. The highest BCUT2D eigenvalue weighted by Gasteiger charge is 2.30. The van der Waals surface area contributed by atoms with Gasteiger partial charge in [-0.2, -0.15) is 0 Å². The van der Waals surface area contributed by atoms with Gasteiger partial charge in [0.1, 0.15) is 19.3 Å². The Morgan fingerprint density at radius 1 is 0.275 bits per heavy atom. The Hall–Kier alpha value is -2.98. The van der Waals surface area contributed by atoms with Crippen molar-refractivity contribution in [1.82, 2.24) is 0 Å². The van der Waals surface area contributed by atoms with Crippen LogP contribution >= 0.6 is 15.6 Å². The van der Waals surface area contributed by atoms with Crippen LogP contribution in [0.5, 0.6) is 0 Å². The lowest BCUT2D eigenvalue weighted by atomic mass is 10.0. The topological polar surface area (TPSA) is 237 Å². The SMILES string of the molecule is CCCCC/C=C\C/C=C\C/C=C\C/C=C\CCCC(=O)OC[C@H](COP(=O)(O)OC[C@@H](O)COP(=O)(O)OC[C@@H](COC(=O)CCCCCCCCCCCCCCC)OC(=O)CCCCCCCCCCCCCCCCCCC)OC(=O)CCCCCCCCCCCCCCCCC. The molecule has 0 spiro atoms.